The Balaban J connectivity index is 1.49. The van der Waals surface area contributed by atoms with Crippen molar-refractivity contribution in [3.05, 3.63) is 66.0 Å². The number of nitrogens with zero attached hydrogens (tertiary/aromatic N) is 4. The smallest absolute Gasteiger partial charge is 0.230 e. The minimum Gasteiger partial charge on any atom is -0.353 e. The van der Waals surface area contributed by atoms with Gasteiger partial charge in [0.2, 0.25) is 11.1 Å². The van der Waals surface area contributed by atoms with Crippen LogP contribution in [-0.2, 0) is 11.2 Å². The molecule has 0 bridgehead atoms. The van der Waals surface area contributed by atoms with Gasteiger partial charge in [0.25, 0.3) is 0 Å². The summed E-state index contributed by atoms with van der Waals surface area (Å²) in [5.74, 6) is -0.274. The summed E-state index contributed by atoms with van der Waals surface area (Å²) >= 11 is 1.21. The molecule has 1 amide bonds. The second kappa shape index (κ2) is 9.27. The third-order valence-electron chi connectivity index (χ3n) is 3.94. The standard InChI is InChI=1S/C19H20FN5OS/c1-14(10-11-15-6-3-2-4-7-15)21-18(26)13-27-19-22-23-24-25(19)17-9-5-8-16(20)12-17/h2-9,12,14H,10-11,13H2,1H3,(H,21,26). The van der Waals surface area contributed by atoms with Crippen LogP contribution in [0.15, 0.2) is 59.8 Å². The Labute approximate surface area is 161 Å². The molecule has 8 heteroatoms. The summed E-state index contributed by atoms with van der Waals surface area (Å²) in [6.07, 6.45) is 1.77. The molecule has 0 saturated carbocycles. The van der Waals surface area contributed by atoms with E-state index in [0.29, 0.717) is 10.8 Å². The number of rotatable bonds is 8. The van der Waals surface area contributed by atoms with Gasteiger partial charge in [0.15, 0.2) is 0 Å². The maximum atomic E-state index is 13.4. The highest BCUT2D eigenvalue weighted by Crippen LogP contribution is 2.18. The van der Waals surface area contributed by atoms with Crippen molar-refractivity contribution >= 4 is 17.7 Å². The van der Waals surface area contributed by atoms with Gasteiger partial charge in [-0.2, -0.15) is 4.68 Å². The van der Waals surface area contributed by atoms with Crippen molar-refractivity contribution in [3.8, 4) is 5.69 Å². The first-order chi connectivity index (χ1) is 13.1. The van der Waals surface area contributed by atoms with E-state index in [1.165, 1.54) is 34.1 Å². The van der Waals surface area contributed by atoms with Crippen molar-refractivity contribution in [1.82, 2.24) is 25.5 Å². The topological polar surface area (TPSA) is 72.7 Å². The Morgan fingerprint density at radius 1 is 1.22 bits per heavy atom. The summed E-state index contributed by atoms with van der Waals surface area (Å²) in [6, 6.07) is 16.2. The zero-order valence-corrected chi connectivity index (χ0v) is 15.7. The molecule has 3 rings (SSSR count). The average molecular weight is 385 g/mol. The number of nitrogens with one attached hydrogen (secondary N) is 1. The summed E-state index contributed by atoms with van der Waals surface area (Å²) in [5, 5.41) is 14.8. The molecule has 0 saturated heterocycles. The molecule has 1 unspecified atom stereocenters. The van der Waals surface area contributed by atoms with Crippen LogP contribution < -0.4 is 5.32 Å². The van der Waals surface area contributed by atoms with Crippen molar-refractivity contribution in [2.24, 2.45) is 0 Å². The van der Waals surface area contributed by atoms with Crippen LogP contribution in [0.4, 0.5) is 4.39 Å². The molecule has 0 fully saturated rings. The van der Waals surface area contributed by atoms with Crippen LogP contribution in [0.1, 0.15) is 18.9 Å². The second-order valence-corrected chi connectivity index (χ2v) is 7.08. The van der Waals surface area contributed by atoms with Gasteiger partial charge in [-0.15, -0.1) is 5.10 Å². The largest absolute Gasteiger partial charge is 0.353 e. The third-order valence-corrected chi connectivity index (χ3v) is 4.86. The van der Waals surface area contributed by atoms with Crippen molar-refractivity contribution in [2.45, 2.75) is 31.0 Å². The Bertz CT molecular complexity index is 887. The number of hydrogen-bond donors (Lipinski definition) is 1. The first kappa shape index (κ1) is 19.0. The Morgan fingerprint density at radius 3 is 2.81 bits per heavy atom. The van der Waals surface area contributed by atoms with Crippen LogP contribution in [0, 0.1) is 5.82 Å². The molecule has 27 heavy (non-hydrogen) atoms. The monoisotopic (exact) mass is 385 g/mol. The van der Waals surface area contributed by atoms with E-state index in [1.54, 1.807) is 12.1 Å². The van der Waals surface area contributed by atoms with Crippen molar-refractivity contribution in [1.29, 1.82) is 0 Å². The van der Waals surface area contributed by atoms with Gasteiger partial charge in [-0.3, -0.25) is 4.79 Å². The molecule has 1 atom stereocenters. The molecule has 1 N–H and O–H groups in total. The zero-order valence-electron chi connectivity index (χ0n) is 14.9. The van der Waals surface area contributed by atoms with E-state index in [-0.39, 0.29) is 23.5 Å². The lowest BCUT2D eigenvalue weighted by Crippen LogP contribution is -2.34. The minimum atomic E-state index is -0.371. The fraction of sp³-hybridized carbons (Fsp3) is 0.263. The first-order valence-corrected chi connectivity index (χ1v) is 9.61. The predicted molar refractivity (Wildman–Crippen MR) is 102 cm³/mol. The van der Waals surface area contributed by atoms with Crippen LogP contribution in [0.3, 0.4) is 0 Å². The van der Waals surface area contributed by atoms with E-state index in [4.69, 9.17) is 0 Å². The number of carbonyl (C=O) groups is 1. The van der Waals surface area contributed by atoms with Crippen LogP contribution in [-0.4, -0.2) is 37.9 Å². The van der Waals surface area contributed by atoms with E-state index in [0.717, 1.165) is 12.8 Å². The van der Waals surface area contributed by atoms with Gasteiger partial charge in [-0.05, 0) is 54.0 Å². The van der Waals surface area contributed by atoms with Gasteiger partial charge in [-0.1, -0.05) is 48.2 Å². The maximum Gasteiger partial charge on any atom is 0.230 e. The van der Waals surface area contributed by atoms with Crippen molar-refractivity contribution < 1.29 is 9.18 Å². The quantitative estimate of drug-likeness (QED) is 0.604. The van der Waals surface area contributed by atoms with Gasteiger partial charge in [0, 0.05) is 6.04 Å². The van der Waals surface area contributed by atoms with Crippen molar-refractivity contribution in [2.75, 3.05) is 5.75 Å². The molecule has 140 valence electrons. The SMILES string of the molecule is CC(CCc1ccccc1)NC(=O)CSc1nnnn1-c1cccc(F)c1. The van der Waals surface area contributed by atoms with Gasteiger partial charge in [-0.25, -0.2) is 4.39 Å². The highest BCUT2D eigenvalue weighted by molar-refractivity contribution is 7.99. The summed E-state index contributed by atoms with van der Waals surface area (Å²) in [7, 11) is 0. The first-order valence-electron chi connectivity index (χ1n) is 8.62. The molecule has 0 aliphatic rings. The number of carbonyl (C=O) groups excluding carboxylic acids is 1. The van der Waals surface area contributed by atoms with E-state index in [9.17, 15) is 9.18 Å². The number of thioether (sulfide) groups is 1. The predicted octanol–water partition coefficient (Wildman–Crippen LogP) is 3.03. The number of halogens is 1. The highest BCUT2D eigenvalue weighted by Gasteiger charge is 2.13. The van der Waals surface area contributed by atoms with Crippen LogP contribution >= 0.6 is 11.8 Å². The third kappa shape index (κ3) is 5.62. The molecule has 0 aliphatic carbocycles. The lowest BCUT2D eigenvalue weighted by molar-refractivity contribution is -0.119. The fourth-order valence-electron chi connectivity index (χ4n) is 2.59. The van der Waals surface area contributed by atoms with Crippen LogP contribution in [0.25, 0.3) is 5.69 Å². The molecule has 0 radical (unpaired) electrons. The second-order valence-electron chi connectivity index (χ2n) is 6.13. The van der Waals surface area contributed by atoms with Crippen molar-refractivity contribution in [3.63, 3.8) is 0 Å². The number of benzene rings is 2. The lowest BCUT2D eigenvalue weighted by Gasteiger charge is -2.13. The van der Waals surface area contributed by atoms with Gasteiger partial charge in [0.1, 0.15) is 5.82 Å². The molecule has 0 spiro atoms. The van der Waals surface area contributed by atoms with Crippen LogP contribution in [0.5, 0.6) is 0 Å². The molecule has 3 aromatic rings. The molecule has 1 heterocycles. The summed E-state index contributed by atoms with van der Waals surface area (Å²) in [4.78, 5) is 12.2. The van der Waals surface area contributed by atoms with E-state index in [1.807, 2.05) is 25.1 Å². The molecule has 2 aromatic carbocycles. The molecule has 6 nitrogen and oxygen atoms in total. The molecular formula is C19H20FN5OS. The maximum absolute atomic E-state index is 13.4. The normalized spacial score (nSPS) is 11.9. The van der Waals surface area contributed by atoms with E-state index < -0.39 is 0 Å². The summed E-state index contributed by atoms with van der Waals surface area (Å²) in [6.45, 7) is 1.99. The summed E-state index contributed by atoms with van der Waals surface area (Å²) in [5.41, 5.74) is 1.77. The number of aryl methyl sites for hydroxylation is 1. The van der Waals surface area contributed by atoms with E-state index >= 15 is 0 Å². The lowest BCUT2D eigenvalue weighted by atomic mass is 10.1. The molecular weight excluding hydrogens is 365 g/mol. The van der Waals surface area contributed by atoms with E-state index in [2.05, 4.69) is 33.0 Å². The number of amides is 1. The number of tetrazole rings is 1. The Morgan fingerprint density at radius 2 is 2.04 bits per heavy atom. The Hall–Kier alpha value is -2.74. The summed E-state index contributed by atoms with van der Waals surface area (Å²) < 4.78 is 14.8. The van der Waals surface area contributed by atoms with Crippen LogP contribution in [0.2, 0.25) is 0 Å². The highest BCUT2D eigenvalue weighted by atomic mass is 32.2. The fourth-order valence-corrected chi connectivity index (χ4v) is 3.29. The van der Waals surface area contributed by atoms with Gasteiger partial charge >= 0.3 is 0 Å². The Kier molecular flexibility index (Phi) is 6.54. The average Bonchev–Trinajstić information content (AvgIpc) is 3.14. The van der Waals surface area contributed by atoms with Gasteiger partial charge < -0.3 is 5.32 Å². The molecule has 0 aliphatic heterocycles. The van der Waals surface area contributed by atoms with Gasteiger partial charge in [0.05, 0.1) is 11.4 Å². The zero-order chi connectivity index (χ0) is 19.1. The number of aromatic nitrogens is 4. The number of hydrogen-bond acceptors (Lipinski definition) is 5. The molecule has 1 aromatic heterocycles. The minimum absolute atomic E-state index is 0.0671.